The zero-order chi connectivity index (χ0) is 25.3. The van der Waals surface area contributed by atoms with E-state index < -0.39 is 6.04 Å². The van der Waals surface area contributed by atoms with Gasteiger partial charge in [-0.1, -0.05) is 65.8 Å². The van der Waals surface area contributed by atoms with Gasteiger partial charge in [-0.05, 0) is 29.7 Å². The maximum Gasteiger partial charge on any atom is 0.249 e. The summed E-state index contributed by atoms with van der Waals surface area (Å²) in [6.45, 7) is 0. The van der Waals surface area contributed by atoms with Crippen molar-refractivity contribution in [3.05, 3.63) is 89.8 Å². The molecule has 0 radical (unpaired) electrons. The summed E-state index contributed by atoms with van der Waals surface area (Å²) in [5.41, 5.74) is 2.78. The number of aromatic nitrogens is 2. The van der Waals surface area contributed by atoms with Crippen LogP contribution in [0.4, 0.5) is 0 Å². The quantitative estimate of drug-likeness (QED) is 0.325. The number of ether oxygens (including phenoxy) is 3. The van der Waals surface area contributed by atoms with Crippen LogP contribution in [0, 0.1) is 0 Å². The highest BCUT2D eigenvalue weighted by molar-refractivity contribution is 5.76. The number of hydrogen-bond donors (Lipinski definition) is 1. The summed E-state index contributed by atoms with van der Waals surface area (Å²) in [6, 6.07) is 22.8. The number of aryl methyl sites for hydroxylation is 1. The van der Waals surface area contributed by atoms with Gasteiger partial charge >= 0.3 is 0 Å². The summed E-state index contributed by atoms with van der Waals surface area (Å²) < 4.78 is 21.9. The highest BCUT2D eigenvalue weighted by Gasteiger charge is 2.24. The molecule has 0 aliphatic carbocycles. The Balaban J connectivity index is 1.57. The van der Waals surface area contributed by atoms with Gasteiger partial charge in [0, 0.05) is 18.4 Å². The lowest BCUT2D eigenvalue weighted by molar-refractivity contribution is -0.122. The average molecular weight is 488 g/mol. The number of nitrogens with zero attached hydrogens (tertiary/aromatic N) is 2. The Morgan fingerprint density at radius 3 is 2.08 bits per heavy atom. The third kappa shape index (κ3) is 6.02. The SMILES string of the molecule is COc1cc(-c2noc(C(Cc3ccccc3)NC(=O)CCc3ccccc3)n2)cc(OC)c1OC. The monoisotopic (exact) mass is 487 g/mol. The average Bonchev–Trinajstić information content (AvgIpc) is 3.42. The van der Waals surface area contributed by atoms with Gasteiger partial charge in [-0.3, -0.25) is 4.79 Å². The van der Waals surface area contributed by atoms with Crippen LogP contribution in [-0.4, -0.2) is 37.4 Å². The van der Waals surface area contributed by atoms with Gasteiger partial charge in [0.15, 0.2) is 11.5 Å². The van der Waals surface area contributed by atoms with Crippen molar-refractivity contribution in [1.29, 1.82) is 0 Å². The van der Waals surface area contributed by atoms with Crippen molar-refractivity contribution in [2.24, 2.45) is 0 Å². The van der Waals surface area contributed by atoms with E-state index in [1.807, 2.05) is 60.7 Å². The van der Waals surface area contributed by atoms with Crippen LogP contribution < -0.4 is 19.5 Å². The molecule has 0 aliphatic heterocycles. The van der Waals surface area contributed by atoms with Crippen LogP contribution in [0.25, 0.3) is 11.4 Å². The number of rotatable bonds is 11. The highest BCUT2D eigenvalue weighted by Crippen LogP contribution is 2.40. The molecule has 3 aromatic carbocycles. The molecule has 4 rings (SSSR count). The van der Waals surface area contributed by atoms with Crippen LogP contribution in [-0.2, 0) is 17.6 Å². The molecule has 0 aliphatic rings. The smallest absolute Gasteiger partial charge is 0.249 e. The van der Waals surface area contributed by atoms with Gasteiger partial charge in [-0.25, -0.2) is 0 Å². The number of benzene rings is 3. The fraction of sp³-hybridized carbons (Fsp3) is 0.250. The molecule has 1 amide bonds. The van der Waals surface area contributed by atoms with Crippen molar-refractivity contribution >= 4 is 5.91 Å². The Labute approximate surface area is 210 Å². The Kier molecular flexibility index (Phi) is 8.18. The van der Waals surface area contributed by atoms with Crippen molar-refractivity contribution in [3.63, 3.8) is 0 Å². The molecule has 0 spiro atoms. The van der Waals surface area contributed by atoms with Crippen molar-refractivity contribution in [3.8, 4) is 28.6 Å². The van der Waals surface area contributed by atoms with Crippen molar-refractivity contribution in [1.82, 2.24) is 15.5 Å². The van der Waals surface area contributed by atoms with Gasteiger partial charge in [0.2, 0.25) is 23.4 Å². The normalized spacial score (nSPS) is 11.5. The predicted octanol–water partition coefficient (Wildman–Crippen LogP) is 4.80. The molecule has 1 aromatic heterocycles. The van der Waals surface area contributed by atoms with E-state index in [9.17, 15) is 4.79 Å². The van der Waals surface area contributed by atoms with Crippen LogP contribution in [0.3, 0.4) is 0 Å². The first-order valence-electron chi connectivity index (χ1n) is 11.6. The molecule has 1 unspecified atom stereocenters. The van der Waals surface area contributed by atoms with E-state index in [1.54, 1.807) is 33.5 Å². The van der Waals surface area contributed by atoms with Gasteiger partial charge in [-0.15, -0.1) is 0 Å². The van der Waals surface area contributed by atoms with E-state index in [0.717, 1.165) is 11.1 Å². The Hall–Kier alpha value is -4.33. The first-order valence-corrected chi connectivity index (χ1v) is 11.6. The number of nitrogens with one attached hydrogen (secondary N) is 1. The predicted molar refractivity (Wildman–Crippen MR) is 135 cm³/mol. The van der Waals surface area contributed by atoms with Crippen LogP contribution in [0.5, 0.6) is 17.2 Å². The second-order valence-corrected chi connectivity index (χ2v) is 8.17. The lowest BCUT2D eigenvalue weighted by atomic mass is 10.0. The molecule has 0 saturated carbocycles. The molecule has 0 bridgehead atoms. The van der Waals surface area contributed by atoms with Crippen LogP contribution >= 0.6 is 0 Å². The molecule has 4 aromatic rings. The van der Waals surface area contributed by atoms with E-state index in [4.69, 9.17) is 18.7 Å². The van der Waals surface area contributed by atoms with E-state index in [1.165, 1.54) is 0 Å². The Bertz CT molecular complexity index is 1250. The molecule has 0 fully saturated rings. The second kappa shape index (κ2) is 11.9. The minimum atomic E-state index is -0.487. The fourth-order valence-corrected chi connectivity index (χ4v) is 3.92. The van der Waals surface area contributed by atoms with Gasteiger partial charge in [0.05, 0.1) is 21.3 Å². The van der Waals surface area contributed by atoms with E-state index in [2.05, 4.69) is 15.5 Å². The standard InChI is InChI=1S/C28H29N3O5/c1-33-23-17-21(18-24(34-2)26(23)35-3)27-30-28(36-31-27)22(16-20-12-8-5-9-13-20)29-25(32)15-14-19-10-6-4-7-11-19/h4-13,17-18,22H,14-16H2,1-3H3,(H,29,32). The van der Waals surface area contributed by atoms with Crippen LogP contribution in [0.2, 0.25) is 0 Å². The van der Waals surface area contributed by atoms with E-state index in [-0.39, 0.29) is 5.91 Å². The first kappa shape index (κ1) is 24.8. The third-order valence-electron chi connectivity index (χ3n) is 5.76. The van der Waals surface area contributed by atoms with Crippen LogP contribution in [0.1, 0.15) is 29.5 Å². The van der Waals surface area contributed by atoms with Crippen molar-refractivity contribution in [2.45, 2.75) is 25.3 Å². The third-order valence-corrected chi connectivity index (χ3v) is 5.76. The highest BCUT2D eigenvalue weighted by atomic mass is 16.5. The number of hydrogen-bond acceptors (Lipinski definition) is 7. The Morgan fingerprint density at radius 1 is 0.889 bits per heavy atom. The lowest BCUT2D eigenvalue weighted by Crippen LogP contribution is -2.30. The first-order chi connectivity index (χ1) is 17.6. The molecule has 0 saturated heterocycles. The number of carbonyl (C=O) groups excluding carboxylic acids is 1. The largest absolute Gasteiger partial charge is 0.493 e. The molecule has 36 heavy (non-hydrogen) atoms. The van der Waals surface area contributed by atoms with E-state index >= 15 is 0 Å². The summed E-state index contributed by atoms with van der Waals surface area (Å²) in [5, 5.41) is 7.24. The molecular formula is C28H29N3O5. The Morgan fingerprint density at radius 2 is 1.50 bits per heavy atom. The molecule has 1 heterocycles. The van der Waals surface area contributed by atoms with Crippen LogP contribution in [0.15, 0.2) is 77.3 Å². The summed E-state index contributed by atoms with van der Waals surface area (Å²) >= 11 is 0. The van der Waals surface area contributed by atoms with Gasteiger partial charge in [0.1, 0.15) is 6.04 Å². The molecular weight excluding hydrogens is 458 g/mol. The topological polar surface area (TPSA) is 95.7 Å². The lowest BCUT2D eigenvalue weighted by Gasteiger charge is -2.15. The molecule has 186 valence electrons. The zero-order valence-electron chi connectivity index (χ0n) is 20.6. The summed E-state index contributed by atoms with van der Waals surface area (Å²) in [7, 11) is 4.63. The summed E-state index contributed by atoms with van der Waals surface area (Å²) in [4.78, 5) is 17.5. The molecule has 1 N–H and O–H groups in total. The molecule has 8 nitrogen and oxygen atoms in total. The van der Waals surface area contributed by atoms with Gasteiger partial charge in [-0.2, -0.15) is 4.98 Å². The minimum Gasteiger partial charge on any atom is -0.493 e. The summed E-state index contributed by atoms with van der Waals surface area (Å²) in [5.74, 6) is 2.01. The van der Waals surface area contributed by atoms with Gasteiger partial charge < -0.3 is 24.1 Å². The second-order valence-electron chi connectivity index (χ2n) is 8.17. The minimum absolute atomic E-state index is 0.0904. The van der Waals surface area contributed by atoms with Crippen molar-refractivity contribution in [2.75, 3.05) is 21.3 Å². The number of carbonyl (C=O) groups is 1. The molecule has 1 atom stereocenters. The number of amides is 1. The zero-order valence-corrected chi connectivity index (χ0v) is 20.6. The fourth-order valence-electron chi connectivity index (χ4n) is 3.92. The maximum atomic E-state index is 12.9. The molecule has 8 heteroatoms. The van der Waals surface area contributed by atoms with Crippen molar-refractivity contribution < 1.29 is 23.5 Å². The van der Waals surface area contributed by atoms with E-state index in [0.29, 0.717) is 53.8 Å². The maximum absolute atomic E-state index is 12.9. The van der Waals surface area contributed by atoms with Gasteiger partial charge in [0.25, 0.3) is 0 Å². The number of methoxy groups -OCH3 is 3. The summed E-state index contributed by atoms with van der Waals surface area (Å²) in [6.07, 6.45) is 1.50.